The first-order valence-corrected chi connectivity index (χ1v) is 6.83. The van der Waals surface area contributed by atoms with E-state index in [1.54, 1.807) is 0 Å². The van der Waals surface area contributed by atoms with Gasteiger partial charge in [0.15, 0.2) is 0 Å². The van der Waals surface area contributed by atoms with Crippen molar-refractivity contribution in [1.29, 1.82) is 0 Å². The fraction of sp³-hybridized carbons (Fsp3) is 0.133. The molecule has 6 heteroatoms. The Labute approximate surface area is 128 Å². The van der Waals surface area contributed by atoms with Gasteiger partial charge in [-0.15, -0.1) is 0 Å². The first kappa shape index (κ1) is 15.6. The van der Waals surface area contributed by atoms with Crippen molar-refractivity contribution < 1.29 is 18.0 Å². The van der Waals surface area contributed by atoms with Gasteiger partial charge in [-0.05, 0) is 34.1 Å². The van der Waals surface area contributed by atoms with Gasteiger partial charge in [0.05, 0.1) is 10.0 Å². The molecule has 0 unspecified atom stereocenters. The maximum atomic E-state index is 13.9. The molecule has 0 aliphatic rings. The first-order chi connectivity index (χ1) is 9.90. The molecule has 0 spiro atoms. The third-order valence-corrected chi connectivity index (χ3v) is 3.56. The maximum Gasteiger partial charge on any atom is 0.256 e. The summed E-state index contributed by atoms with van der Waals surface area (Å²) in [4.78, 5) is 13.3. The number of carbonyl (C=O) groups excluding carboxylic acids is 1. The van der Waals surface area contributed by atoms with Gasteiger partial charge in [-0.25, -0.2) is 13.2 Å². The molecular formula is C15H11BrF3NO. The van der Waals surface area contributed by atoms with Crippen molar-refractivity contribution in [2.45, 2.75) is 6.54 Å². The Morgan fingerprint density at radius 1 is 1.19 bits per heavy atom. The molecule has 2 nitrogen and oxygen atoms in total. The number of carbonyl (C=O) groups is 1. The Hall–Kier alpha value is -1.82. The molecule has 0 heterocycles. The van der Waals surface area contributed by atoms with Crippen LogP contribution in [-0.4, -0.2) is 17.9 Å². The quantitative estimate of drug-likeness (QED) is 0.808. The molecule has 0 aliphatic heterocycles. The molecule has 110 valence electrons. The van der Waals surface area contributed by atoms with Crippen LogP contribution in [0.15, 0.2) is 40.9 Å². The second-order valence-electron chi connectivity index (χ2n) is 4.50. The topological polar surface area (TPSA) is 20.3 Å². The van der Waals surface area contributed by atoms with Gasteiger partial charge in [0.1, 0.15) is 17.5 Å². The van der Waals surface area contributed by atoms with Crippen LogP contribution in [-0.2, 0) is 6.54 Å². The number of halogens is 4. The molecule has 0 aromatic heterocycles. The summed E-state index contributed by atoms with van der Waals surface area (Å²) >= 11 is 3.00. The van der Waals surface area contributed by atoms with Crippen LogP contribution in [0.3, 0.4) is 0 Å². The van der Waals surface area contributed by atoms with Gasteiger partial charge in [0.25, 0.3) is 5.91 Å². The minimum atomic E-state index is -0.746. The normalized spacial score (nSPS) is 10.5. The van der Waals surface area contributed by atoms with Gasteiger partial charge < -0.3 is 4.90 Å². The van der Waals surface area contributed by atoms with Crippen LogP contribution in [0.5, 0.6) is 0 Å². The van der Waals surface area contributed by atoms with Crippen LogP contribution in [0.25, 0.3) is 0 Å². The predicted octanol–water partition coefficient (Wildman–Crippen LogP) is 4.14. The highest BCUT2D eigenvalue weighted by Gasteiger charge is 2.19. The van der Waals surface area contributed by atoms with E-state index in [0.29, 0.717) is 0 Å². The van der Waals surface area contributed by atoms with Gasteiger partial charge >= 0.3 is 0 Å². The van der Waals surface area contributed by atoms with Crippen molar-refractivity contribution in [3.63, 3.8) is 0 Å². The minimum Gasteiger partial charge on any atom is -0.337 e. The van der Waals surface area contributed by atoms with E-state index in [1.807, 2.05) is 0 Å². The fourth-order valence-corrected chi connectivity index (χ4v) is 2.22. The van der Waals surface area contributed by atoms with Crippen molar-refractivity contribution in [2.75, 3.05) is 7.05 Å². The average molecular weight is 358 g/mol. The van der Waals surface area contributed by atoms with E-state index in [1.165, 1.54) is 36.2 Å². The largest absolute Gasteiger partial charge is 0.337 e. The number of rotatable bonds is 3. The van der Waals surface area contributed by atoms with E-state index in [-0.39, 0.29) is 22.1 Å². The summed E-state index contributed by atoms with van der Waals surface area (Å²) in [5.41, 5.74) is 0.0389. The Morgan fingerprint density at radius 2 is 1.90 bits per heavy atom. The first-order valence-electron chi connectivity index (χ1n) is 6.03. The number of hydrogen-bond donors (Lipinski definition) is 0. The minimum absolute atomic E-state index is 0.0864. The highest BCUT2D eigenvalue weighted by molar-refractivity contribution is 9.10. The van der Waals surface area contributed by atoms with Crippen LogP contribution in [0, 0.1) is 17.5 Å². The molecule has 2 aromatic rings. The zero-order chi connectivity index (χ0) is 15.6. The van der Waals surface area contributed by atoms with Crippen molar-refractivity contribution in [3.05, 3.63) is 69.4 Å². The molecular weight excluding hydrogens is 347 g/mol. The van der Waals surface area contributed by atoms with Crippen molar-refractivity contribution >= 4 is 21.8 Å². The molecule has 0 N–H and O–H groups in total. The van der Waals surface area contributed by atoms with Gasteiger partial charge in [0, 0.05) is 25.2 Å². The molecule has 0 saturated heterocycles. The van der Waals surface area contributed by atoms with Gasteiger partial charge in [0.2, 0.25) is 0 Å². The lowest BCUT2D eigenvalue weighted by Crippen LogP contribution is -2.27. The van der Waals surface area contributed by atoms with Crippen molar-refractivity contribution in [3.8, 4) is 0 Å². The lowest BCUT2D eigenvalue weighted by molar-refractivity contribution is 0.0779. The number of hydrogen-bond acceptors (Lipinski definition) is 1. The van der Waals surface area contributed by atoms with Crippen LogP contribution < -0.4 is 0 Å². The summed E-state index contributed by atoms with van der Waals surface area (Å²) in [7, 11) is 1.42. The van der Waals surface area contributed by atoms with E-state index in [2.05, 4.69) is 15.9 Å². The lowest BCUT2D eigenvalue weighted by atomic mass is 10.1. The molecule has 0 fully saturated rings. The van der Waals surface area contributed by atoms with Crippen LogP contribution >= 0.6 is 15.9 Å². The summed E-state index contributed by atoms with van der Waals surface area (Å²) in [6.45, 7) is -0.0864. The summed E-state index contributed by atoms with van der Waals surface area (Å²) in [5, 5.41) is 0. The molecule has 2 aromatic carbocycles. The number of amides is 1. The van der Waals surface area contributed by atoms with Crippen LogP contribution in [0.4, 0.5) is 13.2 Å². The molecule has 0 aliphatic carbocycles. The summed E-state index contributed by atoms with van der Waals surface area (Å²) in [5.74, 6) is -2.70. The summed E-state index contributed by atoms with van der Waals surface area (Å²) in [6, 6.07) is 7.47. The smallest absolute Gasteiger partial charge is 0.256 e. The Morgan fingerprint density at radius 3 is 2.57 bits per heavy atom. The highest BCUT2D eigenvalue weighted by atomic mass is 79.9. The third-order valence-electron chi connectivity index (χ3n) is 2.95. The SMILES string of the molecule is CN(Cc1ccc(F)cc1F)C(=O)c1cccc(Br)c1F. The van der Waals surface area contributed by atoms with Gasteiger partial charge in [-0.2, -0.15) is 0 Å². The molecule has 0 saturated carbocycles. The zero-order valence-corrected chi connectivity index (χ0v) is 12.6. The van der Waals surface area contributed by atoms with Crippen molar-refractivity contribution in [1.82, 2.24) is 4.90 Å². The second-order valence-corrected chi connectivity index (χ2v) is 5.35. The second kappa shape index (κ2) is 6.30. The number of nitrogens with zero attached hydrogens (tertiary/aromatic N) is 1. The zero-order valence-electron chi connectivity index (χ0n) is 11.0. The third kappa shape index (κ3) is 3.44. The molecule has 0 atom stereocenters. The molecule has 0 bridgehead atoms. The monoisotopic (exact) mass is 357 g/mol. The highest BCUT2D eigenvalue weighted by Crippen LogP contribution is 2.20. The molecule has 21 heavy (non-hydrogen) atoms. The van der Waals surface area contributed by atoms with Gasteiger partial charge in [-0.3, -0.25) is 4.79 Å². The molecule has 0 radical (unpaired) electrons. The predicted molar refractivity (Wildman–Crippen MR) is 76.3 cm³/mol. The lowest BCUT2D eigenvalue weighted by Gasteiger charge is -2.18. The van der Waals surface area contributed by atoms with E-state index < -0.39 is 23.4 Å². The standard InChI is InChI=1S/C15H11BrF3NO/c1-20(8-9-5-6-10(17)7-13(9)18)15(21)11-3-2-4-12(16)14(11)19/h2-7H,8H2,1H3. The Kier molecular flexibility index (Phi) is 4.67. The van der Waals surface area contributed by atoms with E-state index in [9.17, 15) is 18.0 Å². The Balaban J connectivity index is 2.21. The van der Waals surface area contributed by atoms with E-state index >= 15 is 0 Å². The average Bonchev–Trinajstić information content (AvgIpc) is 2.44. The van der Waals surface area contributed by atoms with E-state index in [0.717, 1.165) is 12.1 Å². The van der Waals surface area contributed by atoms with Crippen LogP contribution in [0.1, 0.15) is 15.9 Å². The number of benzene rings is 2. The molecule has 1 amide bonds. The van der Waals surface area contributed by atoms with Crippen molar-refractivity contribution in [2.24, 2.45) is 0 Å². The molecule has 2 rings (SSSR count). The Bertz CT molecular complexity index is 691. The van der Waals surface area contributed by atoms with Crippen LogP contribution in [0.2, 0.25) is 0 Å². The van der Waals surface area contributed by atoms with Gasteiger partial charge in [-0.1, -0.05) is 12.1 Å². The fourth-order valence-electron chi connectivity index (χ4n) is 1.85. The summed E-state index contributed by atoms with van der Waals surface area (Å²) in [6.07, 6.45) is 0. The van der Waals surface area contributed by atoms with E-state index in [4.69, 9.17) is 0 Å². The maximum absolute atomic E-state index is 13.9. The summed E-state index contributed by atoms with van der Waals surface area (Å²) < 4.78 is 40.4.